The highest BCUT2D eigenvalue weighted by molar-refractivity contribution is 5.72. The van der Waals surface area contributed by atoms with Crippen LogP contribution in [-0.2, 0) is 11.3 Å². The van der Waals surface area contributed by atoms with Gasteiger partial charge >= 0.3 is 5.97 Å². The Morgan fingerprint density at radius 2 is 2.32 bits per heavy atom. The van der Waals surface area contributed by atoms with E-state index in [9.17, 15) is 4.79 Å². The van der Waals surface area contributed by atoms with Gasteiger partial charge in [0.2, 0.25) is 0 Å². The van der Waals surface area contributed by atoms with Crippen LogP contribution >= 0.6 is 0 Å². The number of carboxylic acids is 1. The first kappa shape index (κ1) is 13.2. The maximum absolute atomic E-state index is 10.7. The molecule has 2 N–H and O–H groups in total. The van der Waals surface area contributed by atoms with E-state index in [0.717, 1.165) is 11.1 Å². The second-order valence-electron chi connectivity index (χ2n) is 4.33. The lowest BCUT2D eigenvalue weighted by molar-refractivity contribution is -0.139. The number of aryl methyl sites for hydroxylation is 1. The summed E-state index contributed by atoms with van der Waals surface area (Å²) in [6.45, 7) is 3.80. The van der Waals surface area contributed by atoms with Gasteiger partial charge in [0.05, 0.1) is 6.54 Å². The Morgan fingerprint density at radius 1 is 1.53 bits per heavy atom. The number of aromatic nitrogens is 2. The molecule has 2 rings (SSSR count). The Bertz CT molecular complexity index is 580. The van der Waals surface area contributed by atoms with Crippen molar-refractivity contribution in [2.45, 2.75) is 26.4 Å². The number of hydrogen-bond donors (Lipinski definition) is 2. The van der Waals surface area contributed by atoms with Gasteiger partial charge in [-0.05, 0) is 26.0 Å². The largest absolute Gasteiger partial charge is 0.480 e. The maximum Gasteiger partial charge on any atom is 0.320 e. The zero-order valence-electron chi connectivity index (χ0n) is 10.8. The molecule has 6 heteroatoms. The molecule has 0 amide bonds. The molecule has 0 bridgehead atoms. The van der Waals surface area contributed by atoms with Crippen LogP contribution in [0.1, 0.15) is 18.3 Å². The molecule has 0 spiro atoms. The molecule has 100 valence electrons. The molecule has 0 saturated carbocycles. The number of carboxylic acid groups (broad SMARTS) is 1. The van der Waals surface area contributed by atoms with Crippen molar-refractivity contribution >= 4 is 5.97 Å². The van der Waals surface area contributed by atoms with Crippen molar-refractivity contribution in [2.24, 2.45) is 0 Å². The van der Waals surface area contributed by atoms with Crippen LogP contribution in [0.15, 0.2) is 28.8 Å². The van der Waals surface area contributed by atoms with Crippen molar-refractivity contribution < 1.29 is 14.4 Å². The van der Waals surface area contributed by atoms with Crippen LogP contribution in [0, 0.1) is 6.92 Å². The van der Waals surface area contributed by atoms with Crippen LogP contribution in [0.4, 0.5) is 0 Å². The van der Waals surface area contributed by atoms with Crippen molar-refractivity contribution in [3.8, 4) is 11.5 Å². The summed E-state index contributed by atoms with van der Waals surface area (Å²) in [6, 6.07) is 7.08. The van der Waals surface area contributed by atoms with Crippen LogP contribution in [0.2, 0.25) is 0 Å². The molecule has 1 heterocycles. The Balaban J connectivity index is 2.05. The minimum Gasteiger partial charge on any atom is -0.480 e. The lowest BCUT2D eigenvalue weighted by Crippen LogP contribution is -2.33. The van der Waals surface area contributed by atoms with Crippen LogP contribution < -0.4 is 5.32 Å². The van der Waals surface area contributed by atoms with E-state index in [1.165, 1.54) is 0 Å². The summed E-state index contributed by atoms with van der Waals surface area (Å²) in [4.78, 5) is 14.9. The van der Waals surface area contributed by atoms with Gasteiger partial charge in [0.25, 0.3) is 5.89 Å². The standard InChI is InChI=1S/C13H15N3O3/c1-8-4-3-5-10(6-8)12-15-11(16-19-12)7-14-9(2)13(17)18/h3-6,9,14H,7H2,1-2H3,(H,17,18)/t9-/m0/s1. The van der Waals surface area contributed by atoms with Gasteiger partial charge in [0.1, 0.15) is 6.04 Å². The van der Waals surface area contributed by atoms with E-state index in [2.05, 4.69) is 15.5 Å². The summed E-state index contributed by atoms with van der Waals surface area (Å²) < 4.78 is 5.15. The molecule has 1 atom stereocenters. The SMILES string of the molecule is Cc1cccc(-c2nc(CN[C@@H](C)C(=O)O)no2)c1. The lowest BCUT2D eigenvalue weighted by Gasteiger charge is -2.05. The van der Waals surface area contributed by atoms with Crippen LogP contribution in [-0.4, -0.2) is 27.3 Å². The van der Waals surface area contributed by atoms with Crippen LogP contribution in [0.5, 0.6) is 0 Å². The van der Waals surface area contributed by atoms with E-state index in [0.29, 0.717) is 11.7 Å². The van der Waals surface area contributed by atoms with Gasteiger partial charge in [0, 0.05) is 5.56 Å². The highest BCUT2D eigenvalue weighted by Gasteiger charge is 2.13. The highest BCUT2D eigenvalue weighted by Crippen LogP contribution is 2.17. The van der Waals surface area contributed by atoms with Crippen LogP contribution in [0.3, 0.4) is 0 Å². The second-order valence-corrected chi connectivity index (χ2v) is 4.33. The molecule has 0 aliphatic rings. The summed E-state index contributed by atoms with van der Waals surface area (Å²) in [7, 11) is 0. The third kappa shape index (κ3) is 3.38. The Kier molecular flexibility index (Phi) is 3.91. The summed E-state index contributed by atoms with van der Waals surface area (Å²) in [5, 5.41) is 15.3. The monoisotopic (exact) mass is 261 g/mol. The number of carbonyl (C=O) groups is 1. The quantitative estimate of drug-likeness (QED) is 0.850. The first-order chi connectivity index (χ1) is 9.06. The van der Waals surface area contributed by atoms with Crippen molar-refractivity contribution in [3.05, 3.63) is 35.7 Å². The van der Waals surface area contributed by atoms with Crippen molar-refractivity contribution in [1.82, 2.24) is 15.5 Å². The molecule has 6 nitrogen and oxygen atoms in total. The van der Waals surface area contributed by atoms with Crippen molar-refractivity contribution in [1.29, 1.82) is 0 Å². The fourth-order valence-corrected chi connectivity index (χ4v) is 1.55. The van der Waals surface area contributed by atoms with Gasteiger partial charge in [-0.3, -0.25) is 10.1 Å². The van der Waals surface area contributed by atoms with Gasteiger partial charge in [-0.15, -0.1) is 0 Å². The Hall–Kier alpha value is -2.21. The van der Waals surface area contributed by atoms with Gasteiger partial charge in [-0.1, -0.05) is 22.9 Å². The van der Waals surface area contributed by atoms with Crippen LogP contribution in [0.25, 0.3) is 11.5 Å². The molecule has 0 unspecified atom stereocenters. The minimum absolute atomic E-state index is 0.253. The highest BCUT2D eigenvalue weighted by atomic mass is 16.5. The van der Waals surface area contributed by atoms with Gasteiger partial charge in [-0.2, -0.15) is 4.98 Å². The van der Waals surface area contributed by atoms with E-state index >= 15 is 0 Å². The number of nitrogens with zero attached hydrogens (tertiary/aromatic N) is 2. The third-order valence-corrected chi connectivity index (χ3v) is 2.67. The first-order valence-electron chi connectivity index (χ1n) is 5.92. The van der Waals surface area contributed by atoms with E-state index in [-0.39, 0.29) is 6.54 Å². The van der Waals surface area contributed by atoms with Crippen molar-refractivity contribution in [3.63, 3.8) is 0 Å². The molecular weight excluding hydrogens is 246 g/mol. The van der Waals surface area contributed by atoms with E-state index in [1.807, 2.05) is 31.2 Å². The van der Waals surface area contributed by atoms with E-state index in [4.69, 9.17) is 9.63 Å². The minimum atomic E-state index is -0.914. The Labute approximate surface area is 110 Å². The number of nitrogens with one attached hydrogen (secondary N) is 1. The topological polar surface area (TPSA) is 88.2 Å². The van der Waals surface area contributed by atoms with Gasteiger partial charge < -0.3 is 9.63 Å². The number of benzene rings is 1. The predicted molar refractivity (Wildman–Crippen MR) is 68.4 cm³/mol. The molecule has 0 aliphatic carbocycles. The average Bonchev–Trinajstić information content (AvgIpc) is 2.84. The zero-order valence-corrected chi connectivity index (χ0v) is 10.8. The molecule has 0 aliphatic heterocycles. The molecule has 19 heavy (non-hydrogen) atoms. The lowest BCUT2D eigenvalue weighted by atomic mass is 10.1. The zero-order chi connectivity index (χ0) is 13.8. The number of rotatable bonds is 5. The second kappa shape index (κ2) is 5.62. The van der Waals surface area contributed by atoms with Gasteiger partial charge in [0.15, 0.2) is 5.82 Å². The fourth-order valence-electron chi connectivity index (χ4n) is 1.55. The smallest absolute Gasteiger partial charge is 0.320 e. The summed E-state index contributed by atoms with van der Waals surface area (Å²) >= 11 is 0. The van der Waals surface area contributed by atoms with E-state index < -0.39 is 12.0 Å². The summed E-state index contributed by atoms with van der Waals surface area (Å²) in [5.74, 6) is -0.0458. The average molecular weight is 261 g/mol. The molecule has 1 aromatic heterocycles. The molecule has 0 fully saturated rings. The number of hydrogen-bond acceptors (Lipinski definition) is 5. The normalized spacial score (nSPS) is 12.3. The Morgan fingerprint density at radius 3 is 3.00 bits per heavy atom. The third-order valence-electron chi connectivity index (χ3n) is 2.67. The summed E-state index contributed by atoms with van der Waals surface area (Å²) in [6.07, 6.45) is 0. The number of aliphatic carboxylic acids is 1. The summed E-state index contributed by atoms with van der Waals surface area (Å²) in [5.41, 5.74) is 1.96. The predicted octanol–water partition coefficient (Wildman–Crippen LogP) is 1.61. The van der Waals surface area contributed by atoms with Crippen molar-refractivity contribution in [2.75, 3.05) is 0 Å². The van der Waals surface area contributed by atoms with Gasteiger partial charge in [-0.25, -0.2) is 0 Å². The molecule has 1 aromatic carbocycles. The molecule has 0 radical (unpaired) electrons. The molecular formula is C13H15N3O3. The fraction of sp³-hybridized carbons (Fsp3) is 0.308. The molecule has 0 saturated heterocycles. The maximum atomic E-state index is 10.7. The first-order valence-corrected chi connectivity index (χ1v) is 5.92. The molecule has 2 aromatic rings. The van der Waals surface area contributed by atoms with E-state index in [1.54, 1.807) is 6.92 Å².